The van der Waals surface area contributed by atoms with Gasteiger partial charge in [-0.25, -0.2) is 0 Å². The fourth-order valence-corrected chi connectivity index (χ4v) is 3.68. The average Bonchev–Trinajstić information content (AvgIpc) is 2.46. The fraction of sp³-hybridized carbons (Fsp3) is 0.562. The van der Waals surface area contributed by atoms with E-state index in [4.69, 9.17) is 11.6 Å². The lowest BCUT2D eigenvalue weighted by Crippen LogP contribution is -2.54. The van der Waals surface area contributed by atoms with E-state index in [9.17, 15) is 9.90 Å². The molecule has 3 unspecified atom stereocenters. The number of rotatable bonds is 2. The Labute approximate surface area is 130 Å². The first-order valence-corrected chi connectivity index (χ1v) is 7.94. The Balaban J connectivity index is 1.75. The Kier molecular flexibility index (Phi) is 4.09. The molecular formula is C16H21ClN2O2. The van der Waals surface area contributed by atoms with Crippen LogP contribution in [0.1, 0.15) is 37.9 Å². The van der Waals surface area contributed by atoms with Crippen LogP contribution in [-0.2, 0) is 4.79 Å². The maximum absolute atomic E-state index is 11.5. The maximum atomic E-state index is 11.5. The van der Waals surface area contributed by atoms with Crippen molar-refractivity contribution in [3.8, 4) is 0 Å². The Morgan fingerprint density at radius 2 is 2.24 bits per heavy atom. The molecule has 2 aliphatic heterocycles. The number of benzene rings is 1. The number of piperidine rings is 2. The molecule has 2 saturated heterocycles. The molecule has 21 heavy (non-hydrogen) atoms. The summed E-state index contributed by atoms with van der Waals surface area (Å²) in [5.41, 5.74) is 1.86. The summed E-state index contributed by atoms with van der Waals surface area (Å²) in [4.78, 5) is 13.8. The number of carbonyl (C=O) groups is 1. The second-order valence-electron chi connectivity index (χ2n) is 6.09. The SMILES string of the molecule is CC(O)c1ccc(N2CCC3NC(=O)CCC3C2)c(Cl)c1. The lowest BCUT2D eigenvalue weighted by Gasteiger charge is -2.42. The van der Waals surface area contributed by atoms with E-state index in [1.165, 1.54) is 0 Å². The van der Waals surface area contributed by atoms with Gasteiger partial charge in [0.05, 0.1) is 16.8 Å². The molecule has 2 fully saturated rings. The summed E-state index contributed by atoms with van der Waals surface area (Å²) in [5, 5.41) is 13.4. The first-order valence-electron chi connectivity index (χ1n) is 7.56. The zero-order valence-electron chi connectivity index (χ0n) is 12.2. The van der Waals surface area contributed by atoms with Crippen LogP contribution in [0.2, 0.25) is 5.02 Å². The zero-order valence-corrected chi connectivity index (χ0v) is 12.9. The number of carbonyl (C=O) groups excluding carboxylic acids is 1. The quantitative estimate of drug-likeness (QED) is 0.882. The van der Waals surface area contributed by atoms with Gasteiger partial charge in [0.1, 0.15) is 0 Å². The van der Waals surface area contributed by atoms with Crippen molar-refractivity contribution in [2.24, 2.45) is 5.92 Å². The molecule has 1 amide bonds. The number of fused-ring (bicyclic) bond motifs is 1. The fourth-order valence-electron chi connectivity index (χ4n) is 3.37. The molecule has 3 rings (SSSR count). The minimum atomic E-state index is -0.504. The van der Waals surface area contributed by atoms with Gasteiger partial charge in [0.25, 0.3) is 0 Å². The summed E-state index contributed by atoms with van der Waals surface area (Å²) in [6.45, 7) is 3.56. The first kappa shape index (κ1) is 14.7. The summed E-state index contributed by atoms with van der Waals surface area (Å²) in [5.74, 6) is 0.688. The van der Waals surface area contributed by atoms with Gasteiger partial charge < -0.3 is 15.3 Å². The molecule has 0 spiro atoms. The van der Waals surface area contributed by atoms with Gasteiger partial charge in [-0.1, -0.05) is 17.7 Å². The molecule has 114 valence electrons. The van der Waals surface area contributed by atoms with E-state index in [1.807, 2.05) is 18.2 Å². The van der Waals surface area contributed by atoms with Crippen molar-refractivity contribution >= 4 is 23.2 Å². The molecule has 2 N–H and O–H groups in total. The minimum absolute atomic E-state index is 0.184. The summed E-state index contributed by atoms with van der Waals surface area (Å²) in [7, 11) is 0. The van der Waals surface area contributed by atoms with E-state index in [-0.39, 0.29) is 5.91 Å². The molecule has 3 atom stereocenters. The van der Waals surface area contributed by atoms with E-state index < -0.39 is 6.10 Å². The molecule has 0 saturated carbocycles. The van der Waals surface area contributed by atoms with E-state index in [1.54, 1.807) is 6.92 Å². The third-order valence-corrected chi connectivity index (χ3v) is 4.92. The normalized spacial score (nSPS) is 27.0. The van der Waals surface area contributed by atoms with Gasteiger partial charge in [0.2, 0.25) is 5.91 Å². The molecule has 1 aromatic rings. The predicted molar refractivity (Wildman–Crippen MR) is 83.6 cm³/mol. The standard InChI is InChI=1S/C16H21ClN2O2/c1-10(20)11-2-4-15(13(17)8-11)19-7-6-14-12(9-19)3-5-16(21)18-14/h2,4,8,10,12,14,20H,3,5-7,9H2,1H3,(H,18,21). The van der Waals surface area contributed by atoms with Gasteiger partial charge >= 0.3 is 0 Å². The smallest absolute Gasteiger partial charge is 0.220 e. The van der Waals surface area contributed by atoms with Crippen molar-refractivity contribution in [1.29, 1.82) is 0 Å². The molecular weight excluding hydrogens is 288 g/mol. The number of hydrogen-bond donors (Lipinski definition) is 2. The Hall–Kier alpha value is -1.26. The molecule has 5 heteroatoms. The van der Waals surface area contributed by atoms with Crippen LogP contribution < -0.4 is 10.2 Å². The number of nitrogens with one attached hydrogen (secondary N) is 1. The lowest BCUT2D eigenvalue weighted by molar-refractivity contribution is -0.124. The van der Waals surface area contributed by atoms with Crippen LogP contribution in [-0.4, -0.2) is 30.1 Å². The van der Waals surface area contributed by atoms with Crippen LogP contribution in [0.3, 0.4) is 0 Å². The van der Waals surface area contributed by atoms with Gasteiger partial charge in [0, 0.05) is 25.6 Å². The number of aliphatic hydroxyl groups excluding tert-OH is 1. The Bertz CT molecular complexity index is 547. The molecule has 1 aromatic carbocycles. The molecule has 0 radical (unpaired) electrons. The largest absolute Gasteiger partial charge is 0.389 e. The second kappa shape index (κ2) is 5.85. The van der Waals surface area contributed by atoms with E-state index in [2.05, 4.69) is 10.2 Å². The zero-order chi connectivity index (χ0) is 15.0. The monoisotopic (exact) mass is 308 g/mol. The number of aliphatic hydroxyl groups is 1. The predicted octanol–water partition coefficient (Wildman–Crippen LogP) is 2.50. The lowest BCUT2D eigenvalue weighted by atomic mass is 9.85. The first-order chi connectivity index (χ1) is 10.0. The van der Waals surface area contributed by atoms with Gasteiger partial charge in [-0.3, -0.25) is 4.79 Å². The molecule has 0 aromatic heterocycles. The number of amides is 1. The summed E-state index contributed by atoms with van der Waals surface area (Å²) in [6, 6.07) is 6.08. The Morgan fingerprint density at radius 3 is 2.95 bits per heavy atom. The summed E-state index contributed by atoms with van der Waals surface area (Å²) < 4.78 is 0. The van der Waals surface area contributed by atoms with Crippen LogP contribution in [0.4, 0.5) is 5.69 Å². The van der Waals surface area contributed by atoms with Gasteiger partial charge in [0.15, 0.2) is 0 Å². The topological polar surface area (TPSA) is 52.6 Å². The van der Waals surface area contributed by atoms with E-state index >= 15 is 0 Å². The van der Waals surface area contributed by atoms with Crippen LogP contribution in [0, 0.1) is 5.92 Å². The van der Waals surface area contributed by atoms with Crippen molar-refractivity contribution in [3.05, 3.63) is 28.8 Å². The summed E-state index contributed by atoms with van der Waals surface area (Å²) in [6.07, 6.45) is 2.04. The highest BCUT2D eigenvalue weighted by molar-refractivity contribution is 6.33. The van der Waals surface area contributed by atoms with Crippen LogP contribution >= 0.6 is 11.6 Å². The number of halogens is 1. The average molecular weight is 309 g/mol. The molecule has 0 bridgehead atoms. The van der Waals surface area contributed by atoms with Gasteiger partial charge in [-0.15, -0.1) is 0 Å². The highest BCUT2D eigenvalue weighted by Crippen LogP contribution is 2.34. The van der Waals surface area contributed by atoms with Gasteiger partial charge in [-0.05, 0) is 43.4 Å². The van der Waals surface area contributed by atoms with Crippen LogP contribution in [0.25, 0.3) is 0 Å². The summed E-state index contributed by atoms with van der Waals surface area (Å²) >= 11 is 6.38. The van der Waals surface area contributed by atoms with Crippen LogP contribution in [0.15, 0.2) is 18.2 Å². The van der Waals surface area contributed by atoms with Gasteiger partial charge in [-0.2, -0.15) is 0 Å². The van der Waals surface area contributed by atoms with Crippen molar-refractivity contribution in [2.75, 3.05) is 18.0 Å². The highest BCUT2D eigenvalue weighted by Gasteiger charge is 2.34. The molecule has 4 nitrogen and oxygen atoms in total. The van der Waals surface area contributed by atoms with Crippen molar-refractivity contribution in [1.82, 2.24) is 5.32 Å². The van der Waals surface area contributed by atoms with E-state index in [0.29, 0.717) is 23.4 Å². The van der Waals surface area contributed by atoms with E-state index in [0.717, 1.165) is 37.2 Å². The molecule has 2 heterocycles. The molecule has 2 aliphatic rings. The van der Waals surface area contributed by atoms with Crippen molar-refractivity contribution in [3.63, 3.8) is 0 Å². The number of nitrogens with zero attached hydrogens (tertiary/aromatic N) is 1. The van der Waals surface area contributed by atoms with Crippen LogP contribution in [0.5, 0.6) is 0 Å². The second-order valence-corrected chi connectivity index (χ2v) is 6.50. The van der Waals surface area contributed by atoms with Crippen molar-refractivity contribution in [2.45, 2.75) is 38.3 Å². The number of hydrogen-bond acceptors (Lipinski definition) is 3. The number of anilines is 1. The Morgan fingerprint density at radius 1 is 1.43 bits per heavy atom. The van der Waals surface area contributed by atoms with Crippen molar-refractivity contribution < 1.29 is 9.90 Å². The minimum Gasteiger partial charge on any atom is -0.389 e. The third-order valence-electron chi connectivity index (χ3n) is 4.62. The maximum Gasteiger partial charge on any atom is 0.220 e. The molecule has 0 aliphatic carbocycles. The third kappa shape index (κ3) is 3.01. The highest BCUT2D eigenvalue weighted by atomic mass is 35.5.